The molecule has 0 spiro atoms. The topological polar surface area (TPSA) is 73.0 Å². The van der Waals surface area contributed by atoms with E-state index in [0.717, 1.165) is 11.3 Å². The molecule has 0 aliphatic rings. The second kappa shape index (κ2) is 6.26. The Morgan fingerprint density at radius 1 is 1.23 bits per heavy atom. The lowest BCUT2D eigenvalue weighted by Gasteiger charge is -2.08. The van der Waals surface area contributed by atoms with Crippen LogP contribution in [0.2, 0.25) is 0 Å². The molecule has 0 bridgehead atoms. The maximum Gasteiger partial charge on any atom is 0.234 e. The number of pyridine rings is 1. The molecule has 3 aromatic rings. The molecule has 1 amide bonds. The zero-order valence-corrected chi connectivity index (χ0v) is 12.2. The van der Waals surface area contributed by atoms with E-state index in [-0.39, 0.29) is 12.3 Å². The Morgan fingerprint density at radius 3 is 2.77 bits per heavy atom. The van der Waals surface area contributed by atoms with Crippen LogP contribution in [0, 0.1) is 6.92 Å². The molecule has 0 saturated carbocycles. The predicted octanol–water partition coefficient (Wildman–Crippen LogP) is 2.41. The van der Waals surface area contributed by atoms with Gasteiger partial charge in [-0.25, -0.2) is 4.98 Å². The van der Waals surface area contributed by atoms with Crippen molar-refractivity contribution >= 4 is 11.9 Å². The normalized spacial score (nSPS) is 10.6. The van der Waals surface area contributed by atoms with Gasteiger partial charge < -0.3 is 8.98 Å². The third-order valence-corrected chi connectivity index (χ3v) is 3.20. The third kappa shape index (κ3) is 3.41. The molecule has 3 heterocycles. The molecule has 1 N–H and O–H groups in total. The first-order valence-corrected chi connectivity index (χ1v) is 6.96. The molecule has 22 heavy (non-hydrogen) atoms. The summed E-state index contributed by atoms with van der Waals surface area (Å²) in [7, 11) is 0. The van der Waals surface area contributed by atoms with E-state index in [2.05, 4.69) is 15.3 Å². The molecule has 3 aromatic heterocycles. The summed E-state index contributed by atoms with van der Waals surface area (Å²) in [6.07, 6.45) is 7.16. The summed E-state index contributed by atoms with van der Waals surface area (Å²) >= 11 is 0. The van der Waals surface area contributed by atoms with Crippen LogP contribution in [0.3, 0.4) is 0 Å². The van der Waals surface area contributed by atoms with Gasteiger partial charge in [-0.1, -0.05) is 0 Å². The molecular formula is C16H16N4O2. The standard InChI is InChI=1S/C16H16N4O2/c1-12-2-3-14(22-12)10-15(21)19-16-18-8-9-20(16)11-13-4-6-17-7-5-13/h2-9H,10-11H2,1H3,(H,18,19,21). The van der Waals surface area contributed by atoms with E-state index >= 15 is 0 Å². The van der Waals surface area contributed by atoms with Crippen molar-refractivity contribution in [1.29, 1.82) is 0 Å². The summed E-state index contributed by atoms with van der Waals surface area (Å²) in [4.78, 5) is 20.2. The minimum absolute atomic E-state index is 0.156. The summed E-state index contributed by atoms with van der Waals surface area (Å²) < 4.78 is 7.28. The number of anilines is 1. The van der Waals surface area contributed by atoms with Crippen molar-refractivity contribution in [3.8, 4) is 0 Å². The van der Waals surface area contributed by atoms with Crippen molar-refractivity contribution < 1.29 is 9.21 Å². The van der Waals surface area contributed by atoms with Crippen LogP contribution in [0.15, 0.2) is 53.5 Å². The molecular weight excluding hydrogens is 280 g/mol. The molecule has 112 valence electrons. The van der Waals surface area contributed by atoms with Crippen LogP contribution in [0.5, 0.6) is 0 Å². The van der Waals surface area contributed by atoms with Crippen molar-refractivity contribution in [2.45, 2.75) is 19.9 Å². The van der Waals surface area contributed by atoms with Gasteiger partial charge in [-0.15, -0.1) is 0 Å². The number of nitrogens with zero attached hydrogens (tertiary/aromatic N) is 3. The first-order chi connectivity index (χ1) is 10.7. The van der Waals surface area contributed by atoms with Gasteiger partial charge in [0.05, 0.1) is 13.0 Å². The highest BCUT2D eigenvalue weighted by molar-refractivity contribution is 5.90. The summed E-state index contributed by atoms with van der Waals surface area (Å²) in [5, 5.41) is 2.81. The Hall–Kier alpha value is -2.89. The van der Waals surface area contributed by atoms with Crippen LogP contribution < -0.4 is 5.32 Å². The zero-order chi connectivity index (χ0) is 15.4. The average molecular weight is 296 g/mol. The van der Waals surface area contributed by atoms with Gasteiger partial charge in [0.25, 0.3) is 0 Å². The van der Waals surface area contributed by atoms with Crippen molar-refractivity contribution in [3.63, 3.8) is 0 Å². The van der Waals surface area contributed by atoms with Crippen molar-refractivity contribution in [2.75, 3.05) is 5.32 Å². The number of carbonyl (C=O) groups excluding carboxylic acids is 1. The summed E-state index contributed by atoms with van der Waals surface area (Å²) in [6, 6.07) is 7.50. The highest BCUT2D eigenvalue weighted by Crippen LogP contribution is 2.11. The highest BCUT2D eigenvalue weighted by atomic mass is 16.3. The van der Waals surface area contributed by atoms with E-state index in [1.165, 1.54) is 0 Å². The van der Waals surface area contributed by atoms with Gasteiger partial charge in [0, 0.05) is 24.8 Å². The van der Waals surface area contributed by atoms with Crippen LogP contribution in [0.1, 0.15) is 17.1 Å². The number of aromatic nitrogens is 3. The first kappa shape index (κ1) is 14.1. The van der Waals surface area contributed by atoms with E-state index in [9.17, 15) is 4.79 Å². The Kier molecular flexibility index (Phi) is 4.00. The number of nitrogens with one attached hydrogen (secondary N) is 1. The third-order valence-electron chi connectivity index (χ3n) is 3.20. The van der Waals surface area contributed by atoms with Crippen molar-refractivity contribution in [2.24, 2.45) is 0 Å². The molecule has 0 aliphatic carbocycles. The van der Waals surface area contributed by atoms with Crippen molar-refractivity contribution in [1.82, 2.24) is 14.5 Å². The number of rotatable bonds is 5. The minimum Gasteiger partial charge on any atom is -0.466 e. The number of amides is 1. The van der Waals surface area contributed by atoms with Gasteiger partial charge in [0.15, 0.2) is 0 Å². The Balaban J connectivity index is 1.66. The Bertz CT molecular complexity index is 761. The minimum atomic E-state index is -0.156. The largest absolute Gasteiger partial charge is 0.466 e. The average Bonchev–Trinajstić information content (AvgIpc) is 3.10. The second-order valence-electron chi connectivity index (χ2n) is 4.97. The Morgan fingerprint density at radius 2 is 2.05 bits per heavy atom. The fourth-order valence-corrected chi connectivity index (χ4v) is 2.15. The smallest absolute Gasteiger partial charge is 0.234 e. The van der Waals surface area contributed by atoms with Crippen LogP contribution in [0.25, 0.3) is 0 Å². The molecule has 0 saturated heterocycles. The second-order valence-corrected chi connectivity index (χ2v) is 4.97. The summed E-state index contributed by atoms with van der Waals surface area (Å²) in [5.41, 5.74) is 1.09. The summed E-state index contributed by atoms with van der Waals surface area (Å²) in [5.74, 6) is 1.80. The maximum absolute atomic E-state index is 12.1. The predicted molar refractivity (Wildman–Crippen MR) is 81.3 cm³/mol. The fourth-order valence-electron chi connectivity index (χ4n) is 2.15. The Labute approximate surface area is 127 Å². The van der Waals surface area contributed by atoms with E-state index in [4.69, 9.17) is 4.42 Å². The molecule has 0 unspecified atom stereocenters. The number of hydrogen-bond acceptors (Lipinski definition) is 4. The number of furan rings is 1. The van der Waals surface area contributed by atoms with Gasteiger partial charge in [0.1, 0.15) is 11.5 Å². The lowest BCUT2D eigenvalue weighted by molar-refractivity contribution is -0.115. The number of imidazole rings is 1. The molecule has 0 radical (unpaired) electrons. The van der Waals surface area contributed by atoms with Crippen LogP contribution >= 0.6 is 0 Å². The fraction of sp³-hybridized carbons (Fsp3) is 0.188. The van der Waals surface area contributed by atoms with E-state index in [1.807, 2.05) is 35.9 Å². The molecule has 6 heteroatoms. The van der Waals surface area contributed by atoms with Gasteiger partial charge in [-0.3, -0.25) is 15.1 Å². The van der Waals surface area contributed by atoms with Crippen LogP contribution in [-0.2, 0) is 17.8 Å². The quantitative estimate of drug-likeness (QED) is 0.784. The van der Waals surface area contributed by atoms with Crippen molar-refractivity contribution in [3.05, 3.63) is 66.1 Å². The number of aryl methyl sites for hydroxylation is 1. The van der Waals surface area contributed by atoms with Crippen LogP contribution in [0.4, 0.5) is 5.95 Å². The molecule has 0 aliphatic heterocycles. The van der Waals surface area contributed by atoms with Gasteiger partial charge >= 0.3 is 0 Å². The molecule has 0 fully saturated rings. The van der Waals surface area contributed by atoms with Gasteiger partial charge in [-0.2, -0.15) is 0 Å². The molecule has 0 atom stereocenters. The molecule has 0 aromatic carbocycles. The first-order valence-electron chi connectivity index (χ1n) is 6.96. The number of carbonyl (C=O) groups is 1. The lowest BCUT2D eigenvalue weighted by atomic mass is 10.3. The molecule has 6 nitrogen and oxygen atoms in total. The van der Waals surface area contributed by atoms with E-state index in [0.29, 0.717) is 18.3 Å². The molecule has 3 rings (SSSR count). The zero-order valence-electron chi connectivity index (χ0n) is 12.2. The number of hydrogen-bond donors (Lipinski definition) is 1. The van der Waals surface area contributed by atoms with Gasteiger partial charge in [-0.05, 0) is 36.8 Å². The highest BCUT2D eigenvalue weighted by Gasteiger charge is 2.11. The van der Waals surface area contributed by atoms with Crippen LogP contribution in [-0.4, -0.2) is 20.4 Å². The summed E-state index contributed by atoms with van der Waals surface area (Å²) in [6.45, 7) is 2.47. The van der Waals surface area contributed by atoms with E-state index < -0.39 is 0 Å². The lowest BCUT2D eigenvalue weighted by Crippen LogP contribution is -2.17. The van der Waals surface area contributed by atoms with E-state index in [1.54, 1.807) is 24.7 Å². The monoisotopic (exact) mass is 296 g/mol. The SMILES string of the molecule is Cc1ccc(CC(=O)Nc2nccn2Cc2ccncc2)o1. The maximum atomic E-state index is 12.1. The van der Waals surface area contributed by atoms with Gasteiger partial charge in [0.2, 0.25) is 11.9 Å².